The molecule has 1 heterocycles. The molecule has 0 unspecified atom stereocenters. The van der Waals surface area contributed by atoms with Gasteiger partial charge < -0.3 is 15.4 Å². The zero-order chi connectivity index (χ0) is 20.9. The quantitative estimate of drug-likeness (QED) is 0.763. The van der Waals surface area contributed by atoms with Gasteiger partial charge in [-0.15, -0.1) is 0 Å². The molecule has 29 heavy (non-hydrogen) atoms. The van der Waals surface area contributed by atoms with E-state index in [1.54, 1.807) is 4.90 Å². The van der Waals surface area contributed by atoms with Crippen molar-refractivity contribution >= 4 is 23.4 Å². The van der Waals surface area contributed by atoms with E-state index in [1.807, 2.05) is 39.0 Å². The van der Waals surface area contributed by atoms with Crippen molar-refractivity contribution in [3.8, 4) is 0 Å². The predicted molar refractivity (Wildman–Crippen MR) is 116 cm³/mol. The standard InChI is InChI=1S/C23H35N3O3/c1-23(2,3)29-22(28)26-13-7-10-18-11-12-19(14-20(18)26)24-16-21(27)25-15-17-8-5-4-6-9-17/h11-12,14,17,24H,4-10,13,15-16H2,1-3H3,(H,25,27). The lowest BCUT2D eigenvalue weighted by atomic mass is 9.89. The molecule has 0 saturated heterocycles. The first kappa shape index (κ1) is 21.5. The van der Waals surface area contributed by atoms with Gasteiger partial charge in [0.05, 0.1) is 12.2 Å². The van der Waals surface area contributed by atoms with E-state index in [1.165, 1.54) is 32.1 Å². The van der Waals surface area contributed by atoms with E-state index in [2.05, 4.69) is 10.6 Å². The fourth-order valence-corrected chi connectivity index (χ4v) is 4.09. The summed E-state index contributed by atoms with van der Waals surface area (Å²) in [5.74, 6) is 0.635. The summed E-state index contributed by atoms with van der Waals surface area (Å²) >= 11 is 0. The van der Waals surface area contributed by atoms with Crippen LogP contribution in [0.25, 0.3) is 0 Å². The van der Waals surface area contributed by atoms with Gasteiger partial charge >= 0.3 is 6.09 Å². The molecule has 1 aliphatic heterocycles. The van der Waals surface area contributed by atoms with Crippen molar-refractivity contribution in [3.05, 3.63) is 23.8 Å². The van der Waals surface area contributed by atoms with Crippen LogP contribution in [-0.2, 0) is 16.0 Å². The minimum atomic E-state index is -0.527. The molecule has 0 aromatic heterocycles. The molecule has 1 aromatic rings. The third-order valence-electron chi connectivity index (χ3n) is 5.58. The predicted octanol–water partition coefficient (Wildman–Crippen LogP) is 4.48. The highest BCUT2D eigenvalue weighted by atomic mass is 16.6. The van der Waals surface area contributed by atoms with Crippen molar-refractivity contribution in [2.45, 2.75) is 71.3 Å². The van der Waals surface area contributed by atoms with E-state index in [4.69, 9.17) is 4.74 Å². The van der Waals surface area contributed by atoms with Crippen LogP contribution in [0.15, 0.2) is 18.2 Å². The van der Waals surface area contributed by atoms with Crippen molar-refractivity contribution in [2.75, 3.05) is 29.9 Å². The van der Waals surface area contributed by atoms with Gasteiger partial charge in [-0.3, -0.25) is 9.69 Å². The zero-order valence-electron chi connectivity index (χ0n) is 18.1. The molecule has 0 atom stereocenters. The summed E-state index contributed by atoms with van der Waals surface area (Å²) in [6.07, 6.45) is 7.87. The molecule has 3 rings (SSSR count). The van der Waals surface area contributed by atoms with Gasteiger partial charge in [0.15, 0.2) is 0 Å². The van der Waals surface area contributed by atoms with Crippen LogP contribution < -0.4 is 15.5 Å². The van der Waals surface area contributed by atoms with Crippen LogP contribution in [0, 0.1) is 5.92 Å². The Hall–Kier alpha value is -2.24. The monoisotopic (exact) mass is 401 g/mol. The summed E-state index contributed by atoms with van der Waals surface area (Å²) in [5, 5.41) is 6.25. The van der Waals surface area contributed by atoms with Crippen LogP contribution >= 0.6 is 0 Å². The highest BCUT2D eigenvalue weighted by Gasteiger charge is 2.27. The van der Waals surface area contributed by atoms with Gasteiger partial charge in [0.2, 0.25) is 5.91 Å². The maximum Gasteiger partial charge on any atom is 0.414 e. The number of aryl methyl sites for hydroxylation is 1. The maximum atomic E-state index is 12.6. The maximum absolute atomic E-state index is 12.6. The molecule has 0 bridgehead atoms. The second-order valence-corrected chi connectivity index (χ2v) is 9.24. The first-order valence-corrected chi connectivity index (χ1v) is 11.0. The Morgan fingerprint density at radius 2 is 1.90 bits per heavy atom. The molecule has 0 spiro atoms. The summed E-state index contributed by atoms with van der Waals surface area (Å²) in [6, 6.07) is 5.97. The molecule has 1 saturated carbocycles. The Kier molecular flexibility index (Phi) is 7.04. The minimum absolute atomic E-state index is 0.0114. The number of nitrogens with zero attached hydrogens (tertiary/aromatic N) is 1. The average molecular weight is 402 g/mol. The van der Waals surface area contributed by atoms with E-state index in [9.17, 15) is 9.59 Å². The highest BCUT2D eigenvalue weighted by Crippen LogP contribution is 2.31. The number of anilines is 2. The lowest BCUT2D eigenvalue weighted by Crippen LogP contribution is -2.39. The number of rotatable bonds is 5. The minimum Gasteiger partial charge on any atom is -0.443 e. The molecule has 2 N–H and O–H groups in total. The molecule has 1 fully saturated rings. The van der Waals surface area contributed by atoms with Crippen LogP contribution in [0.4, 0.5) is 16.2 Å². The van der Waals surface area contributed by atoms with Crippen LogP contribution in [0.2, 0.25) is 0 Å². The summed E-state index contributed by atoms with van der Waals surface area (Å²) in [6.45, 7) is 7.28. The Bertz CT molecular complexity index is 721. The molecule has 160 valence electrons. The van der Waals surface area contributed by atoms with E-state index in [-0.39, 0.29) is 18.5 Å². The van der Waals surface area contributed by atoms with Crippen LogP contribution in [0.5, 0.6) is 0 Å². The lowest BCUT2D eigenvalue weighted by molar-refractivity contribution is -0.119. The van der Waals surface area contributed by atoms with Gasteiger partial charge in [0, 0.05) is 18.8 Å². The topological polar surface area (TPSA) is 70.7 Å². The number of hydrogen-bond acceptors (Lipinski definition) is 4. The van der Waals surface area contributed by atoms with Gasteiger partial charge in [0.25, 0.3) is 0 Å². The van der Waals surface area contributed by atoms with Gasteiger partial charge in [-0.05, 0) is 70.1 Å². The van der Waals surface area contributed by atoms with E-state index in [0.717, 1.165) is 36.3 Å². The fraction of sp³-hybridized carbons (Fsp3) is 0.652. The number of carbonyl (C=O) groups excluding carboxylic acids is 2. The van der Waals surface area contributed by atoms with Crippen molar-refractivity contribution in [1.29, 1.82) is 0 Å². The van der Waals surface area contributed by atoms with Crippen molar-refractivity contribution in [1.82, 2.24) is 5.32 Å². The highest BCUT2D eigenvalue weighted by molar-refractivity contribution is 5.90. The fourth-order valence-electron chi connectivity index (χ4n) is 4.09. The summed E-state index contributed by atoms with van der Waals surface area (Å²) in [5.41, 5.74) is 2.32. The smallest absolute Gasteiger partial charge is 0.414 e. The number of carbonyl (C=O) groups is 2. The number of benzene rings is 1. The number of amides is 2. The Morgan fingerprint density at radius 3 is 2.62 bits per heavy atom. The number of nitrogens with one attached hydrogen (secondary N) is 2. The first-order chi connectivity index (χ1) is 13.8. The number of hydrogen-bond donors (Lipinski definition) is 2. The first-order valence-electron chi connectivity index (χ1n) is 11.0. The average Bonchev–Trinajstić information content (AvgIpc) is 2.69. The molecule has 0 radical (unpaired) electrons. The van der Waals surface area contributed by atoms with E-state index >= 15 is 0 Å². The van der Waals surface area contributed by atoms with E-state index in [0.29, 0.717) is 12.5 Å². The Balaban J connectivity index is 1.56. The summed E-state index contributed by atoms with van der Waals surface area (Å²) < 4.78 is 5.56. The molecule has 2 amide bonds. The lowest BCUT2D eigenvalue weighted by Gasteiger charge is -2.32. The molecule has 6 heteroatoms. The van der Waals surface area contributed by atoms with Crippen molar-refractivity contribution in [3.63, 3.8) is 0 Å². The van der Waals surface area contributed by atoms with E-state index < -0.39 is 5.60 Å². The Labute approximate surface area is 174 Å². The molecular formula is C23H35N3O3. The number of fused-ring (bicyclic) bond motifs is 1. The van der Waals surface area contributed by atoms with Crippen molar-refractivity contribution < 1.29 is 14.3 Å². The summed E-state index contributed by atoms with van der Waals surface area (Å²) in [7, 11) is 0. The van der Waals surface area contributed by atoms with Crippen LogP contribution in [-0.4, -0.2) is 37.2 Å². The van der Waals surface area contributed by atoms with Gasteiger partial charge in [-0.2, -0.15) is 0 Å². The van der Waals surface area contributed by atoms with Crippen LogP contribution in [0.1, 0.15) is 64.9 Å². The van der Waals surface area contributed by atoms with Gasteiger partial charge in [0.1, 0.15) is 5.60 Å². The largest absolute Gasteiger partial charge is 0.443 e. The van der Waals surface area contributed by atoms with Gasteiger partial charge in [-0.25, -0.2) is 4.79 Å². The third-order valence-corrected chi connectivity index (χ3v) is 5.58. The SMILES string of the molecule is CC(C)(C)OC(=O)N1CCCc2ccc(NCC(=O)NCC3CCCCC3)cc21. The normalized spacial score (nSPS) is 17.4. The van der Waals surface area contributed by atoms with Gasteiger partial charge in [-0.1, -0.05) is 25.3 Å². The second kappa shape index (κ2) is 9.51. The molecule has 6 nitrogen and oxygen atoms in total. The molecule has 1 aromatic carbocycles. The zero-order valence-corrected chi connectivity index (χ0v) is 18.1. The number of ether oxygens (including phenoxy) is 1. The third kappa shape index (κ3) is 6.38. The van der Waals surface area contributed by atoms with Crippen LogP contribution in [0.3, 0.4) is 0 Å². The second-order valence-electron chi connectivity index (χ2n) is 9.24. The van der Waals surface area contributed by atoms with Crippen molar-refractivity contribution in [2.24, 2.45) is 5.92 Å². The Morgan fingerprint density at radius 1 is 1.14 bits per heavy atom. The molecule has 2 aliphatic rings. The summed E-state index contributed by atoms with van der Waals surface area (Å²) in [4.78, 5) is 26.5. The molecule has 1 aliphatic carbocycles. The molecular weight excluding hydrogens is 366 g/mol.